The maximum Gasteiger partial charge on any atom is 0.328 e. The van der Waals surface area contributed by atoms with Crippen LogP contribution in [0.5, 0.6) is 0 Å². The Labute approximate surface area is 226 Å². The molecular formula is C30H41ClN2O2S. The van der Waals surface area contributed by atoms with E-state index in [2.05, 4.69) is 6.92 Å². The highest BCUT2D eigenvalue weighted by Crippen LogP contribution is 2.31. The van der Waals surface area contributed by atoms with Crippen molar-refractivity contribution in [3.05, 3.63) is 70.2 Å². The number of thioether (sulfide) groups is 1. The van der Waals surface area contributed by atoms with Crippen LogP contribution in [0.1, 0.15) is 87.8 Å². The summed E-state index contributed by atoms with van der Waals surface area (Å²) in [4.78, 5) is 29.9. The standard InChI is InChI=1S/C30H41ClN2O2S/c1-3-4-5-6-7-8-9-10-11-15-20-36-29-28(34)32(23-26-21-24(2)18-19-27(26)31)30(35)33(29)22-25-16-13-12-14-17-25/h12-14,16-19,21,29H,3-11,15,20,22-23H2,1-2H3. The maximum absolute atomic E-state index is 13.4. The second-order valence-electron chi connectivity index (χ2n) is 9.82. The number of urea groups is 1. The van der Waals surface area contributed by atoms with Gasteiger partial charge in [-0.2, -0.15) is 0 Å². The van der Waals surface area contributed by atoms with E-state index in [1.807, 2.05) is 55.5 Å². The van der Waals surface area contributed by atoms with Crippen molar-refractivity contribution in [2.75, 3.05) is 5.75 Å². The zero-order valence-electron chi connectivity index (χ0n) is 21.9. The smallest absolute Gasteiger partial charge is 0.299 e. The summed E-state index contributed by atoms with van der Waals surface area (Å²) in [6, 6.07) is 15.4. The number of benzene rings is 2. The van der Waals surface area contributed by atoms with Gasteiger partial charge in [-0.25, -0.2) is 4.79 Å². The largest absolute Gasteiger partial charge is 0.328 e. The van der Waals surface area contributed by atoms with Crippen molar-refractivity contribution >= 4 is 35.3 Å². The summed E-state index contributed by atoms with van der Waals surface area (Å²) in [5.74, 6) is 0.746. The highest BCUT2D eigenvalue weighted by atomic mass is 35.5. The zero-order valence-corrected chi connectivity index (χ0v) is 23.5. The Hall–Kier alpha value is -1.98. The van der Waals surface area contributed by atoms with Gasteiger partial charge in [-0.05, 0) is 36.3 Å². The molecule has 0 N–H and O–H groups in total. The number of hydrogen-bond donors (Lipinski definition) is 0. The molecule has 1 heterocycles. The van der Waals surface area contributed by atoms with E-state index >= 15 is 0 Å². The van der Waals surface area contributed by atoms with Crippen LogP contribution in [0.2, 0.25) is 5.02 Å². The first-order valence-electron chi connectivity index (χ1n) is 13.5. The average molecular weight is 529 g/mol. The Morgan fingerprint density at radius 1 is 0.833 bits per heavy atom. The number of rotatable bonds is 16. The topological polar surface area (TPSA) is 40.6 Å². The molecule has 0 radical (unpaired) electrons. The predicted octanol–water partition coefficient (Wildman–Crippen LogP) is 8.59. The quantitative estimate of drug-likeness (QED) is 0.162. The molecule has 36 heavy (non-hydrogen) atoms. The van der Waals surface area contributed by atoms with Crippen LogP contribution in [0.4, 0.5) is 4.79 Å². The highest BCUT2D eigenvalue weighted by molar-refractivity contribution is 8.00. The number of halogens is 1. The van der Waals surface area contributed by atoms with E-state index in [1.54, 1.807) is 16.7 Å². The van der Waals surface area contributed by atoms with Gasteiger partial charge < -0.3 is 0 Å². The fraction of sp³-hybridized carbons (Fsp3) is 0.533. The number of carbonyl (C=O) groups is 2. The van der Waals surface area contributed by atoms with Gasteiger partial charge in [0.15, 0.2) is 5.37 Å². The first-order valence-corrected chi connectivity index (χ1v) is 15.0. The summed E-state index contributed by atoms with van der Waals surface area (Å²) in [5.41, 5.74) is 2.89. The van der Waals surface area contributed by atoms with Crippen molar-refractivity contribution in [3.8, 4) is 0 Å². The van der Waals surface area contributed by atoms with Crippen LogP contribution in [0, 0.1) is 6.92 Å². The molecule has 6 heteroatoms. The minimum atomic E-state index is -0.486. The molecule has 1 atom stereocenters. The van der Waals surface area contributed by atoms with Crippen LogP contribution in [-0.4, -0.2) is 32.9 Å². The van der Waals surface area contributed by atoms with Gasteiger partial charge in [-0.1, -0.05) is 124 Å². The van der Waals surface area contributed by atoms with Crippen LogP contribution >= 0.6 is 23.4 Å². The third-order valence-electron chi connectivity index (χ3n) is 6.74. The molecule has 0 bridgehead atoms. The normalized spacial score (nSPS) is 15.8. The van der Waals surface area contributed by atoms with Crippen molar-refractivity contribution in [2.24, 2.45) is 0 Å². The number of nitrogens with zero attached hydrogens (tertiary/aromatic N) is 2. The van der Waals surface area contributed by atoms with Crippen LogP contribution in [0.25, 0.3) is 0 Å². The van der Waals surface area contributed by atoms with Crippen molar-refractivity contribution in [2.45, 2.75) is 96.5 Å². The summed E-state index contributed by atoms with van der Waals surface area (Å²) < 4.78 is 0. The number of amides is 3. The van der Waals surface area contributed by atoms with Gasteiger partial charge in [-0.3, -0.25) is 14.6 Å². The molecule has 0 aliphatic carbocycles. The van der Waals surface area contributed by atoms with E-state index in [4.69, 9.17) is 11.6 Å². The van der Waals surface area contributed by atoms with E-state index in [0.717, 1.165) is 28.9 Å². The molecule has 2 aromatic carbocycles. The molecule has 1 fully saturated rings. The fourth-order valence-corrected chi connectivity index (χ4v) is 6.02. The van der Waals surface area contributed by atoms with Gasteiger partial charge in [0.1, 0.15) is 0 Å². The molecule has 2 aromatic rings. The van der Waals surface area contributed by atoms with Gasteiger partial charge in [-0.15, -0.1) is 11.8 Å². The molecule has 0 saturated carbocycles. The Morgan fingerprint density at radius 2 is 1.47 bits per heavy atom. The number of hydrogen-bond acceptors (Lipinski definition) is 3. The van der Waals surface area contributed by atoms with E-state index in [1.165, 1.54) is 62.7 Å². The molecule has 0 aromatic heterocycles. The fourth-order valence-electron chi connectivity index (χ4n) is 4.63. The number of unbranched alkanes of at least 4 members (excludes halogenated alkanes) is 9. The Kier molecular flexibility index (Phi) is 12.2. The average Bonchev–Trinajstić information content (AvgIpc) is 3.09. The van der Waals surface area contributed by atoms with Gasteiger partial charge in [0, 0.05) is 11.6 Å². The predicted molar refractivity (Wildman–Crippen MR) is 152 cm³/mol. The van der Waals surface area contributed by atoms with Gasteiger partial charge in [0.2, 0.25) is 0 Å². The summed E-state index contributed by atoms with van der Waals surface area (Å²) in [6.07, 6.45) is 12.9. The molecule has 1 unspecified atom stereocenters. The molecule has 3 amide bonds. The first kappa shape index (κ1) is 28.6. The lowest BCUT2D eigenvalue weighted by atomic mass is 10.1. The van der Waals surface area contributed by atoms with Crippen LogP contribution in [-0.2, 0) is 17.9 Å². The molecular weight excluding hydrogens is 488 g/mol. The van der Waals surface area contributed by atoms with Gasteiger partial charge in [0.25, 0.3) is 5.91 Å². The van der Waals surface area contributed by atoms with Gasteiger partial charge in [0.05, 0.1) is 6.54 Å². The van der Waals surface area contributed by atoms with Crippen molar-refractivity contribution in [3.63, 3.8) is 0 Å². The second-order valence-corrected chi connectivity index (χ2v) is 11.4. The van der Waals surface area contributed by atoms with E-state index in [9.17, 15) is 9.59 Å². The van der Waals surface area contributed by atoms with Gasteiger partial charge >= 0.3 is 6.03 Å². The minimum absolute atomic E-state index is 0.134. The molecule has 4 nitrogen and oxygen atoms in total. The zero-order chi connectivity index (χ0) is 25.8. The summed E-state index contributed by atoms with van der Waals surface area (Å²) in [5, 5.41) is 0.0946. The third kappa shape index (κ3) is 8.55. The molecule has 196 valence electrons. The van der Waals surface area contributed by atoms with Crippen molar-refractivity contribution in [1.29, 1.82) is 0 Å². The van der Waals surface area contributed by atoms with E-state index in [-0.39, 0.29) is 18.5 Å². The van der Waals surface area contributed by atoms with Crippen LogP contribution in [0.3, 0.4) is 0 Å². The summed E-state index contributed by atoms with van der Waals surface area (Å²) >= 11 is 7.99. The monoisotopic (exact) mass is 528 g/mol. The Balaban J connectivity index is 1.54. The van der Waals surface area contributed by atoms with Crippen molar-refractivity contribution in [1.82, 2.24) is 9.80 Å². The third-order valence-corrected chi connectivity index (χ3v) is 8.40. The number of aryl methyl sites for hydroxylation is 1. The Bertz CT molecular complexity index is 969. The molecule has 1 aliphatic heterocycles. The highest BCUT2D eigenvalue weighted by Gasteiger charge is 2.45. The lowest BCUT2D eigenvalue weighted by molar-refractivity contribution is -0.126. The Morgan fingerprint density at radius 3 is 2.14 bits per heavy atom. The molecule has 1 saturated heterocycles. The lowest BCUT2D eigenvalue weighted by Crippen LogP contribution is -2.33. The maximum atomic E-state index is 13.4. The molecule has 3 rings (SSSR count). The van der Waals surface area contributed by atoms with E-state index < -0.39 is 5.37 Å². The number of imide groups is 1. The SMILES string of the molecule is CCCCCCCCCCCCSC1C(=O)N(Cc2cc(C)ccc2Cl)C(=O)N1Cc1ccccc1. The summed E-state index contributed by atoms with van der Waals surface area (Å²) in [6.45, 7) is 4.88. The van der Waals surface area contributed by atoms with Crippen LogP contribution in [0.15, 0.2) is 48.5 Å². The number of carbonyl (C=O) groups excluding carboxylic acids is 2. The molecule has 0 spiro atoms. The van der Waals surface area contributed by atoms with Crippen LogP contribution < -0.4 is 0 Å². The minimum Gasteiger partial charge on any atom is -0.299 e. The molecule has 1 aliphatic rings. The first-order chi connectivity index (χ1) is 17.5. The van der Waals surface area contributed by atoms with E-state index in [0.29, 0.717) is 11.6 Å². The lowest BCUT2D eigenvalue weighted by Gasteiger charge is -2.21. The second kappa shape index (κ2) is 15.3. The summed E-state index contributed by atoms with van der Waals surface area (Å²) in [7, 11) is 0. The van der Waals surface area contributed by atoms with Crippen molar-refractivity contribution < 1.29 is 9.59 Å².